The molecule has 7 atom stereocenters. The van der Waals surface area contributed by atoms with E-state index in [2.05, 4.69) is 20.1 Å². The number of likely N-dealkylation sites (tertiary alicyclic amines) is 1. The Morgan fingerprint density at radius 1 is 0.936 bits per heavy atom. The Kier molecular flexibility index (Phi) is 9.18. The van der Waals surface area contributed by atoms with Gasteiger partial charge in [0, 0.05) is 29.7 Å². The van der Waals surface area contributed by atoms with Crippen molar-refractivity contribution < 1.29 is 19.5 Å². The van der Waals surface area contributed by atoms with Crippen LogP contribution in [0.5, 0.6) is 0 Å². The zero-order valence-corrected chi connectivity index (χ0v) is 28.1. The topological polar surface area (TPSA) is 81.2 Å². The summed E-state index contributed by atoms with van der Waals surface area (Å²) < 4.78 is -0.867. The predicted molar refractivity (Wildman–Crippen MR) is 189 cm³/mol. The van der Waals surface area contributed by atoms with Crippen LogP contribution in [0.2, 0.25) is 0 Å². The third kappa shape index (κ3) is 5.22. The molecule has 3 aliphatic heterocycles. The van der Waals surface area contributed by atoms with Crippen LogP contribution in [0.3, 0.4) is 0 Å². The van der Waals surface area contributed by atoms with Gasteiger partial charge in [-0.05, 0) is 55.0 Å². The van der Waals surface area contributed by atoms with Crippen molar-refractivity contribution in [2.24, 2.45) is 17.8 Å². The van der Waals surface area contributed by atoms with Gasteiger partial charge in [-0.25, -0.2) is 0 Å². The Bertz CT molecular complexity index is 1660. The van der Waals surface area contributed by atoms with Crippen molar-refractivity contribution in [3.63, 3.8) is 0 Å². The lowest BCUT2D eigenvalue weighted by Gasteiger charge is -2.42. The molecule has 3 aromatic carbocycles. The fourth-order valence-electron chi connectivity index (χ4n) is 8.43. The molecular formula is C39H43N3O4S. The molecule has 7 nitrogen and oxygen atoms in total. The van der Waals surface area contributed by atoms with E-state index >= 15 is 9.59 Å². The minimum absolute atomic E-state index is 0.0299. The highest BCUT2D eigenvalue weighted by atomic mass is 32.2. The molecule has 0 radical (unpaired) electrons. The number of para-hydroxylation sites is 2. The zero-order valence-electron chi connectivity index (χ0n) is 27.3. The number of rotatable bonds is 11. The molecule has 3 aliphatic rings. The molecule has 3 amide bonds. The molecule has 244 valence electrons. The number of hydrogen-bond donors (Lipinski definition) is 1. The van der Waals surface area contributed by atoms with Gasteiger partial charge < -0.3 is 19.8 Å². The summed E-state index contributed by atoms with van der Waals surface area (Å²) in [6, 6.07) is 23.1. The first-order valence-electron chi connectivity index (χ1n) is 16.3. The molecule has 1 N–H and O–H groups in total. The predicted octanol–water partition coefficient (Wildman–Crippen LogP) is 6.11. The van der Waals surface area contributed by atoms with Gasteiger partial charge in [0.25, 0.3) is 5.91 Å². The summed E-state index contributed by atoms with van der Waals surface area (Å²) in [6.45, 7) is 14.2. The molecule has 1 spiro atoms. The van der Waals surface area contributed by atoms with E-state index in [1.54, 1.807) is 38.6 Å². The lowest BCUT2D eigenvalue weighted by Crippen LogP contribution is -2.58. The van der Waals surface area contributed by atoms with E-state index in [0.717, 1.165) is 28.1 Å². The summed E-state index contributed by atoms with van der Waals surface area (Å²) in [5.74, 6) is -2.00. The fraction of sp³-hybridized carbons (Fsp3) is 0.359. The van der Waals surface area contributed by atoms with Gasteiger partial charge in [0.15, 0.2) is 0 Å². The number of carbonyl (C=O) groups excluding carboxylic acids is 3. The number of anilines is 2. The fourth-order valence-corrected chi connectivity index (χ4v) is 10.8. The summed E-state index contributed by atoms with van der Waals surface area (Å²) in [5, 5.41) is 10.8. The SMILES string of the molecule is C=CCN(C(=O)[C@@H]1[C@H]2C(=O)N([C@H](CO)c3ccccc3)C(C(=O)N(CC=C)c3c(C)cccc3C)C23S[C@@H]1CC3C)c1ccccc1. The summed E-state index contributed by atoms with van der Waals surface area (Å²) >= 11 is 1.64. The zero-order chi connectivity index (χ0) is 33.5. The van der Waals surface area contributed by atoms with E-state index in [4.69, 9.17) is 0 Å². The minimum Gasteiger partial charge on any atom is -0.394 e. The Hall–Kier alpha value is -4.14. The normalized spacial score (nSPS) is 26.5. The van der Waals surface area contributed by atoms with Crippen LogP contribution in [0.4, 0.5) is 11.4 Å². The molecule has 3 unspecified atom stereocenters. The molecule has 8 heteroatoms. The van der Waals surface area contributed by atoms with Crippen LogP contribution in [0.25, 0.3) is 0 Å². The highest BCUT2D eigenvalue weighted by Crippen LogP contribution is 2.69. The highest BCUT2D eigenvalue weighted by molar-refractivity contribution is 8.02. The number of aryl methyl sites for hydroxylation is 2. The molecule has 6 rings (SSSR count). The first-order valence-corrected chi connectivity index (χ1v) is 17.2. The number of nitrogens with zero attached hydrogens (tertiary/aromatic N) is 3. The third-order valence-corrected chi connectivity index (χ3v) is 12.4. The van der Waals surface area contributed by atoms with Crippen LogP contribution in [0.1, 0.15) is 36.1 Å². The van der Waals surface area contributed by atoms with Gasteiger partial charge >= 0.3 is 0 Å². The lowest BCUT2D eigenvalue weighted by molar-refractivity contribution is -0.142. The van der Waals surface area contributed by atoms with Crippen LogP contribution in [-0.2, 0) is 14.4 Å². The van der Waals surface area contributed by atoms with Gasteiger partial charge in [-0.3, -0.25) is 14.4 Å². The summed E-state index contributed by atoms with van der Waals surface area (Å²) in [4.78, 5) is 50.2. The van der Waals surface area contributed by atoms with Gasteiger partial charge in [0.05, 0.1) is 29.2 Å². The Labute approximate surface area is 281 Å². The van der Waals surface area contributed by atoms with Crippen molar-refractivity contribution in [2.45, 2.75) is 49.3 Å². The summed E-state index contributed by atoms with van der Waals surface area (Å²) in [6.07, 6.45) is 4.12. The van der Waals surface area contributed by atoms with E-state index in [1.165, 1.54) is 0 Å². The monoisotopic (exact) mass is 649 g/mol. The second-order valence-electron chi connectivity index (χ2n) is 13.0. The second-order valence-corrected chi connectivity index (χ2v) is 14.5. The third-order valence-electron chi connectivity index (χ3n) is 10.3. The van der Waals surface area contributed by atoms with Gasteiger partial charge in [-0.2, -0.15) is 0 Å². The number of amides is 3. The van der Waals surface area contributed by atoms with Crippen LogP contribution in [0, 0.1) is 31.6 Å². The van der Waals surface area contributed by atoms with Gasteiger partial charge in [-0.1, -0.05) is 85.8 Å². The molecule has 3 aromatic rings. The average molecular weight is 650 g/mol. The molecule has 2 bridgehead atoms. The molecule has 0 saturated carbocycles. The molecule has 3 fully saturated rings. The van der Waals surface area contributed by atoms with Gasteiger partial charge in [0.1, 0.15) is 6.04 Å². The maximum Gasteiger partial charge on any atom is 0.251 e. The number of hydrogen-bond acceptors (Lipinski definition) is 5. The highest BCUT2D eigenvalue weighted by Gasteiger charge is 2.77. The van der Waals surface area contributed by atoms with Crippen molar-refractivity contribution in [3.8, 4) is 0 Å². The number of carbonyl (C=O) groups is 3. The Balaban J connectivity index is 1.52. The number of aliphatic hydroxyl groups is 1. The standard InChI is InChI=1S/C39H43N3O4S/c1-6-21-40(29-19-12-9-13-20-29)36(44)32-31-23-27(5)39(47-31)33(32)37(45)42(30(24-43)28-17-10-8-11-18-28)35(39)38(46)41(22-7-2)34-25(3)15-14-16-26(34)4/h6-20,27,30-33,35,43H,1-2,21-24H2,3-5H3/t27?,30-,31-,32+,33+,35?,39?/m1/s1. The van der Waals surface area contributed by atoms with E-state index in [9.17, 15) is 9.90 Å². The van der Waals surface area contributed by atoms with Crippen molar-refractivity contribution in [2.75, 3.05) is 29.5 Å². The molecule has 0 aliphatic carbocycles. The van der Waals surface area contributed by atoms with Gasteiger partial charge in [0.2, 0.25) is 11.8 Å². The Morgan fingerprint density at radius 2 is 1.53 bits per heavy atom. The van der Waals surface area contributed by atoms with Crippen LogP contribution >= 0.6 is 11.8 Å². The first kappa shape index (κ1) is 32.8. The van der Waals surface area contributed by atoms with Crippen molar-refractivity contribution in [1.29, 1.82) is 0 Å². The van der Waals surface area contributed by atoms with Crippen molar-refractivity contribution >= 4 is 40.9 Å². The molecule has 3 saturated heterocycles. The average Bonchev–Trinajstić information content (AvgIpc) is 3.67. The van der Waals surface area contributed by atoms with Crippen LogP contribution in [-0.4, -0.2) is 63.5 Å². The van der Waals surface area contributed by atoms with E-state index in [0.29, 0.717) is 13.0 Å². The molecule has 0 aromatic heterocycles. The first-order chi connectivity index (χ1) is 22.7. The lowest BCUT2D eigenvalue weighted by atomic mass is 9.65. The molecular weight excluding hydrogens is 607 g/mol. The second kappa shape index (κ2) is 13.2. The Morgan fingerprint density at radius 3 is 2.13 bits per heavy atom. The summed E-state index contributed by atoms with van der Waals surface area (Å²) in [7, 11) is 0. The van der Waals surface area contributed by atoms with E-state index < -0.39 is 28.7 Å². The largest absolute Gasteiger partial charge is 0.394 e. The molecule has 3 heterocycles. The number of benzene rings is 3. The summed E-state index contributed by atoms with van der Waals surface area (Å²) in [5.41, 5.74) is 4.17. The smallest absolute Gasteiger partial charge is 0.251 e. The maximum atomic E-state index is 15.3. The quantitative estimate of drug-likeness (QED) is 0.254. The molecule has 47 heavy (non-hydrogen) atoms. The number of thioether (sulfide) groups is 1. The maximum absolute atomic E-state index is 15.3. The minimum atomic E-state index is -0.913. The van der Waals surface area contributed by atoms with Crippen molar-refractivity contribution in [3.05, 3.63) is 121 Å². The number of aliphatic hydroxyl groups excluding tert-OH is 1. The van der Waals surface area contributed by atoms with E-state index in [1.807, 2.05) is 92.7 Å². The van der Waals surface area contributed by atoms with E-state index in [-0.39, 0.29) is 42.0 Å². The van der Waals surface area contributed by atoms with Gasteiger partial charge in [-0.15, -0.1) is 24.9 Å². The van der Waals surface area contributed by atoms with Crippen molar-refractivity contribution in [1.82, 2.24) is 4.90 Å². The van der Waals surface area contributed by atoms with Crippen LogP contribution in [0.15, 0.2) is 104 Å². The number of fused-ring (bicyclic) bond motifs is 1. The van der Waals surface area contributed by atoms with Crippen LogP contribution < -0.4 is 9.80 Å².